The fourth-order valence-electron chi connectivity index (χ4n) is 2.88. The van der Waals surface area contributed by atoms with Crippen LogP contribution in [0.5, 0.6) is 0 Å². The molecular formula is C19H28N4O2. The largest absolute Gasteiger partial charge is 0.391 e. The standard InChI is InChI=1S/C19H28N4O2/c1-14-18(15(2)23(3)22-14)10-7-11-20-19(25)21-13-17(24)12-16-8-5-4-6-9-16/h4-6,8-9,17,24H,7,10-13H2,1-3H3,(H2,20,21,25). The molecule has 2 amide bonds. The van der Waals surface area contributed by atoms with E-state index < -0.39 is 6.10 Å². The number of benzene rings is 1. The van der Waals surface area contributed by atoms with Crippen molar-refractivity contribution in [2.24, 2.45) is 7.05 Å². The van der Waals surface area contributed by atoms with Crippen molar-refractivity contribution in [2.45, 2.75) is 39.2 Å². The van der Waals surface area contributed by atoms with E-state index in [1.165, 1.54) is 11.3 Å². The van der Waals surface area contributed by atoms with Gasteiger partial charge in [-0.05, 0) is 37.8 Å². The van der Waals surface area contributed by atoms with Crippen LogP contribution in [0.1, 0.15) is 28.9 Å². The molecule has 25 heavy (non-hydrogen) atoms. The van der Waals surface area contributed by atoms with Gasteiger partial charge in [0.25, 0.3) is 0 Å². The van der Waals surface area contributed by atoms with Crippen molar-refractivity contribution in [3.05, 3.63) is 52.8 Å². The molecule has 0 spiro atoms. The van der Waals surface area contributed by atoms with E-state index >= 15 is 0 Å². The number of nitrogens with one attached hydrogen (secondary N) is 2. The summed E-state index contributed by atoms with van der Waals surface area (Å²) < 4.78 is 1.89. The lowest BCUT2D eigenvalue weighted by atomic mass is 10.1. The first-order chi connectivity index (χ1) is 12.0. The number of aromatic nitrogens is 2. The minimum absolute atomic E-state index is 0.238. The predicted molar refractivity (Wildman–Crippen MR) is 98.6 cm³/mol. The molecule has 0 saturated carbocycles. The number of aliphatic hydroxyl groups is 1. The summed E-state index contributed by atoms with van der Waals surface area (Å²) in [6.45, 7) is 4.90. The monoisotopic (exact) mass is 344 g/mol. The van der Waals surface area contributed by atoms with Gasteiger partial charge in [-0.25, -0.2) is 4.79 Å². The summed E-state index contributed by atoms with van der Waals surface area (Å²) in [5, 5.41) is 19.9. The predicted octanol–water partition coefficient (Wildman–Crippen LogP) is 1.87. The summed E-state index contributed by atoms with van der Waals surface area (Å²) in [7, 11) is 1.94. The van der Waals surface area contributed by atoms with Gasteiger partial charge in [0, 0.05) is 32.3 Å². The number of hydrogen-bond acceptors (Lipinski definition) is 3. The van der Waals surface area contributed by atoms with Gasteiger partial charge in [-0.3, -0.25) is 4.68 Å². The number of amides is 2. The van der Waals surface area contributed by atoms with Crippen LogP contribution < -0.4 is 10.6 Å². The molecule has 0 aliphatic carbocycles. The summed E-state index contributed by atoms with van der Waals surface area (Å²) in [5.74, 6) is 0. The van der Waals surface area contributed by atoms with Crippen molar-refractivity contribution < 1.29 is 9.90 Å². The Balaban J connectivity index is 1.62. The van der Waals surface area contributed by atoms with E-state index in [1.54, 1.807) is 0 Å². The quantitative estimate of drug-likeness (QED) is 0.640. The zero-order valence-corrected chi connectivity index (χ0v) is 15.2. The van der Waals surface area contributed by atoms with Crippen molar-refractivity contribution in [1.82, 2.24) is 20.4 Å². The van der Waals surface area contributed by atoms with Gasteiger partial charge in [0.15, 0.2) is 0 Å². The van der Waals surface area contributed by atoms with Gasteiger partial charge in [0.05, 0.1) is 11.8 Å². The van der Waals surface area contributed by atoms with E-state index in [1.807, 2.05) is 49.0 Å². The average molecular weight is 344 g/mol. The molecule has 6 heteroatoms. The van der Waals surface area contributed by atoms with Crippen LogP contribution in [-0.2, 0) is 19.9 Å². The highest BCUT2D eigenvalue weighted by atomic mass is 16.3. The van der Waals surface area contributed by atoms with E-state index in [-0.39, 0.29) is 12.6 Å². The number of urea groups is 1. The topological polar surface area (TPSA) is 79.2 Å². The first-order valence-corrected chi connectivity index (χ1v) is 8.70. The Morgan fingerprint density at radius 1 is 1.24 bits per heavy atom. The molecule has 0 fully saturated rings. The normalized spacial score (nSPS) is 12.0. The van der Waals surface area contributed by atoms with Crippen LogP contribution in [0.3, 0.4) is 0 Å². The number of carbonyl (C=O) groups is 1. The van der Waals surface area contributed by atoms with Crippen molar-refractivity contribution in [2.75, 3.05) is 13.1 Å². The second kappa shape index (κ2) is 9.22. The Labute approximate surface area is 149 Å². The summed E-state index contributed by atoms with van der Waals surface area (Å²) in [5.41, 5.74) is 4.53. The van der Waals surface area contributed by atoms with Gasteiger partial charge in [0.2, 0.25) is 0 Å². The Bertz CT molecular complexity index is 682. The SMILES string of the molecule is Cc1nn(C)c(C)c1CCCNC(=O)NCC(O)Cc1ccccc1. The van der Waals surface area contributed by atoms with Crippen LogP contribution in [0.15, 0.2) is 30.3 Å². The lowest BCUT2D eigenvalue weighted by Gasteiger charge is -2.13. The molecule has 6 nitrogen and oxygen atoms in total. The van der Waals surface area contributed by atoms with E-state index in [4.69, 9.17) is 0 Å². The third-order valence-electron chi connectivity index (χ3n) is 4.36. The molecular weight excluding hydrogens is 316 g/mol. The molecule has 1 aromatic heterocycles. The van der Waals surface area contributed by atoms with Gasteiger partial charge in [-0.15, -0.1) is 0 Å². The number of carbonyl (C=O) groups excluding carboxylic acids is 1. The number of hydrogen-bond donors (Lipinski definition) is 3. The molecule has 0 bridgehead atoms. The third-order valence-corrected chi connectivity index (χ3v) is 4.36. The van der Waals surface area contributed by atoms with Gasteiger partial charge in [-0.2, -0.15) is 5.10 Å². The fraction of sp³-hybridized carbons (Fsp3) is 0.474. The van der Waals surface area contributed by atoms with Crippen LogP contribution in [0.4, 0.5) is 4.79 Å². The summed E-state index contributed by atoms with van der Waals surface area (Å²) in [4.78, 5) is 11.8. The van der Waals surface area contributed by atoms with E-state index in [2.05, 4.69) is 22.7 Å². The van der Waals surface area contributed by atoms with Gasteiger partial charge in [0.1, 0.15) is 0 Å². The molecule has 1 unspecified atom stereocenters. The first kappa shape index (κ1) is 19.0. The van der Waals surface area contributed by atoms with Crippen LogP contribution in [0.2, 0.25) is 0 Å². The molecule has 2 aromatic rings. The molecule has 0 radical (unpaired) electrons. The van der Waals surface area contributed by atoms with Crippen LogP contribution >= 0.6 is 0 Å². The minimum Gasteiger partial charge on any atom is -0.391 e. The molecule has 1 atom stereocenters. The highest BCUT2D eigenvalue weighted by molar-refractivity contribution is 5.73. The maximum Gasteiger partial charge on any atom is 0.314 e. The first-order valence-electron chi connectivity index (χ1n) is 8.70. The zero-order valence-electron chi connectivity index (χ0n) is 15.2. The summed E-state index contributed by atoms with van der Waals surface area (Å²) in [6, 6.07) is 9.50. The average Bonchev–Trinajstić information content (AvgIpc) is 2.83. The second-order valence-electron chi connectivity index (χ2n) is 6.36. The highest BCUT2D eigenvalue weighted by Crippen LogP contribution is 2.13. The number of aryl methyl sites for hydroxylation is 2. The van der Waals surface area contributed by atoms with Crippen LogP contribution in [0.25, 0.3) is 0 Å². The van der Waals surface area contributed by atoms with Crippen molar-refractivity contribution in [1.29, 1.82) is 0 Å². The molecule has 0 aliphatic heterocycles. The lowest BCUT2D eigenvalue weighted by molar-refractivity contribution is 0.170. The molecule has 1 heterocycles. The number of rotatable bonds is 8. The lowest BCUT2D eigenvalue weighted by Crippen LogP contribution is -2.40. The Morgan fingerprint density at radius 2 is 1.96 bits per heavy atom. The van der Waals surface area contributed by atoms with E-state index in [0.29, 0.717) is 13.0 Å². The van der Waals surface area contributed by atoms with Crippen molar-refractivity contribution in [3.8, 4) is 0 Å². The zero-order chi connectivity index (χ0) is 18.2. The van der Waals surface area contributed by atoms with Crippen molar-refractivity contribution >= 4 is 6.03 Å². The maximum atomic E-state index is 11.8. The van der Waals surface area contributed by atoms with Gasteiger partial charge in [-0.1, -0.05) is 30.3 Å². The third kappa shape index (κ3) is 5.90. The van der Waals surface area contributed by atoms with Gasteiger partial charge < -0.3 is 15.7 Å². The van der Waals surface area contributed by atoms with Crippen LogP contribution in [0, 0.1) is 13.8 Å². The molecule has 136 valence electrons. The minimum atomic E-state index is -0.589. The fourth-order valence-corrected chi connectivity index (χ4v) is 2.88. The molecule has 3 N–H and O–H groups in total. The Hall–Kier alpha value is -2.34. The highest BCUT2D eigenvalue weighted by Gasteiger charge is 2.10. The molecule has 2 rings (SSSR count). The maximum absolute atomic E-state index is 11.8. The summed E-state index contributed by atoms with van der Waals surface area (Å²) >= 11 is 0. The van der Waals surface area contributed by atoms with E-state index in [0.717, 1.165) is 24.1 Å². The smallest absolute Gasteiger partial charge is 0.314 e. The van der Waals surface area contributed by atoms with Crippen molar-refractivity contribution in [3.63, 3.8) is 0 Å². The molecule has 0 saturated heterocycles. The Kier molecular flexibility index (Phi) is 7.01. The van der Waals surface area contributed by atoms with E-state index in [9.17, 15) is 9.90 Å². The number of aliphatic hydroxyl groups excluding tert-OH is 1. The molecule has 0 aliphatic rings. The Morgan fingerprint density at radius 3 is 2.60 bits per heavy atom. The summed E-state index contributed by atoms with van der Waals surface area (Å²) in [6.07, 6.45) is 1.69. The number of nitrogens with zero attached hydrogens (tertiary/aromatic N) is 2. The van der Waals surface area contributed by atoms with Gasteiger partial charge >= 0.3 is 6.03 Å². The van der Waals surface area contributed by atoms with Crippen LogP contribution in [-0.4, -0.2) is 40.1 Å². The second-order valence-corrected chi connectivity index (χ2v) is 6.36. The molecule has 1 aromatic carbocycles.